The minimum atomic E-state index is 0.576. The van der Waals surface area contributed by atoms with Gasteiger partial charge in [0, 0.05) is 23.5 Å². The number of nitriles is 1. The predicted octanol–water partition coefficient (Wildman–Crippen LogP) is 2.61. The number of benzene rings is 1. The van der Waals surface area contributed by atoms with Gasteiger partial charge in [-0.15, -0.1) is 10.2 Å². The summed E-state index contributed by atoms with van der Waals surface area (Å²) in [7, 11) is 0. The zero-order valence-electron chi connectivity index (χ0n) is 11.0. The fourth-order valence-corrected chi connectivity index (χ4v) is 3.24. The second-order valence-electron chi connectivity index (χ2n) is 4.83. The van der Waals surface area contributed by atoms with Gasteiger partial charge in [0.1, 0.15) is 5.82 Å². The topological polar surface area (TPSA) is 80.5 Å². The molecule has 6 heteroatoms. The van der Waals surface area contributed by atoms with Crippen LogP contribution in [0.4, 0.5) is 5.69 Å². The van der Waals surface area contributed by atoms with Crippen molar-refractivity contribution in [1.29, 1.82) is 5.26 Å². The van der Waals surface area contributed by atoms with Crippen LogP contribution < -0.4 is 5.73 Å². The molecule has 0 fully saturated rings. The summed E-state index contributed by atoms with van der Waals surface area (Å²) in [5.41, 5.74) is 7.18. The Labute approximate surface area is 121 Å². The third-order valence-corrected chi connectivity index (χ3v) is 4.49. The Kier molecular flexibility index (Phi) is 3.61. The lowest BCUT2D eigenvalue weighted by molar-refractivity contribution is 0.591. The van der Waals surface area contributed by atoms with Gasteiger partial charge in [-0.2, -0.15) is 5.26 Å². The van der Waals surface area contributed by atoms with Gasteiger partial charge in [0.15, 0.2) is 5.16 Å². The molecule has 20 heavy (non-hydrogen) atoms. The summed E-state index contributed by atoms with van der Waals surface area (Å²) in [5, 5.41) is 18.3. The first-order valence-corrected chi connectivity index (χ1v) is 7.49. The summed E-state index contributed by atoms with van der Waals surface area (Å²) in [6.07, 6.45) is 4.59. The highest BCUT2D eigenvalue weighted by Gasteiger charge is 2.16. The number of hydrogen-bond donors (Lipinski definition) is 1. The third-order valence-electron chi connectivity index (χ3n) is 3.42. The van der Waals surface area contributed by atoms with E-state index in [0.717, 1.165) is 28.8 Å². The Hall–Kier alpha value is -2.00. The average molecular weight is 285 g/mol. The van der Waals surface area contributed by atoms with Gasteiger partial charge in [-0.3, -0.25) is 0 Å². The fourth-order valence-electron chi connectivity index (χ4n) is 2.34. The molecule has 5 nitrogen and oxygen atoms in total. The summed E-state index contributed by atoms with van der Waals surface area (Å²) < 4.78 is 2.19. The second kappa shape index (κ2) is 5.55. The Morgan fingerprint density at radius 1 is 1.25 bits per heavy atom. The maximum Gasteiger partial charge on any atom is 0.196 e. The molecule has 0 atom stereocenters. The first kappa shape index (κ1) is 13.0. The highest BCUT2D eigenvalue weighted by Crippen LogP contribution is 2.32. The van der Waals surface area contributed by atoms with Crippen molar-refractivity contribution in [3.63, 3.8) is 0 Å². The van der Waals surface area contributed by atoms with Crippen molar-refractivity contribution in [2.75, 3.05) is 5.73 Å². The number of hydrogen-bond acceptors (Lipinski definition) is 5. The first-order valence-electron chi connectivity index (χ1n) is 6.67. The Balaban J connectivity index is 1.88. The van der Waals surface area contributed by atoms with Gasteiger partial charge in [0.2, 0.25) is 0 Å². The quantitative estimate of drug-likeness (QED) is 0.858. The van der Waals surface area contributed by atoms with Gasteiger partial charge in [0.05, 0.1) is 11.6 Å². The average Bonchev–Trinajstić information content (AvgIpc) is 2.69. The van der Waals surface area contributed by atoms with Crippen LogP contribution in [0.3, 0.4) is 0 Å². The Bertz CT molecular complexity index is 671. The van der Waals surface area contributed by atoms with Gasteiger partial charge in [-0.1, -0.05) is 6.42 Å². The van der Waals surface area contributed by atoms with Crippen molar-refractivity contribution in [2.45, 2.75) is 42.3 Å². The zero-order chi connectivity index (χ0) is 13.9. The summed E-state index contributed by atoms with van der Waals surface area (Å²) in [4.78, 5) is 0.920. The fraction of sp³-hybridized carbons (Fsp3) is 0.357. The van der Waals surface area contributed by atoms with Gasteiger partial charge < -0.3 is 10.3 Å². The molecular formula is C14H15N5S. The molecule has 1 aliphatic heterocycles. The van der Waals surface area contributed by atoms with E-state index in [-0.39, 0.29) is 0 Å². The van der Waals surface area contributed by atoms with E-state index >= 15 is 0 Å². The second-order valence-corrected chi connectivity index (χ2v) is 5.84. The van der Waals surface area contributed by atoms with E-state index in [1.165, 1.54) is 31.0 Å². The van der Waals surface area contributed by atoms with E-state index in [1.54, 1.807) is 12.1 Å². The molecule has 0 radical (unpaired) electrons. The van der Waals surface area contributed by atoms with Crippen LogP contribution in [0.1, 0.15) is 30.7 Å². The summed E-state index contributed by atoms with van der Waals surface area (Å²) in [5.74, 6) is 1.07. The summed E-state index contributed by atoms with van der Waals surface area (Å²) in [6, 6.07) is 7.43. The number of rotatable bonds is 2. The van der Waals surface area contributed by atoms with Crippen LogP contribution >= 0.6 is 11.8 Å². The predicted molar refractivity (Wildman–Crippen MR) is 77.3 cm³/mol. The Morgan fingerprint density at radius 2 is 2.15 bits per heavy atom. The van der Waals surface area contributed by atoms with Crippen LogP contribution in [0.15, 0.2) is 28.3 Å². The maximum atomic E-state index is 8.86. The van der Waals surface area contributed by atoms with E-state index in [2.05, 4.69) is 20.8 Å². The van der Waals surface area contributed by atoms with Crippen molar-refractivity contribution in [3.8, 4) is 6.07 Å². The molecule has 1 aromatic heterocycles. The molecule has 1 aromatic carbocycles. The number of nitrogens with two attached hydrogens (primary N) is 1. The molecule has 0 amide bonds. The SMILES string of the molecule is N#Cc1ccc(Sc2nnc3n2CCCCC3)c(N)c1. The molecule has 0 unspecified atom stereocenters. The van der Waals surface area contributed by atoms with E-state index in [9.17, 15) is 0 Å². The van der Waals surface area contributed by atoms with Crippen LogP contribution in [0.2, 0.25) is 0 Å². The lowest BCUT2D eigenvalue weighted by atomic mass is 10.2. The first-order chi connectivity index (χ1) is 9.78. The van der Waals surface area contributed by atoms with Crippen LogP contribution in [-0.4, -0.2) is 14.8 Å². The van der Waals surface area contributed by atoms with Gasteiger partial charge in [-0.25, -0.2) is 0 Å². The molecule has 3 rings (SSSR count). The standard InChI is InChI=1S/C14H15N5S/c15-9-10-5-6-12(11(16)8-10)20-14-18-17-13-4-2-1-3-7-19(13)14/h5-6,8H,1-4,7,16H2. The van der Waals surface area contributed by atoms with Crippen molar-refractivity contribution in [1.82, 2.24) is 14.8 Å². The zero-order valence-corrected chi connectivity index (χ0v) is 11.9. The molecular weight excluding hydrogens is 270 g/mol. The lowest BCUT2D eigenvalue weighted by Crippen LogP contribution is -2.02. The monoisotopic (exact) mass is 285 g/mol. The van der Waals surface area contributed by atoms with Crippen molar-refractivity contribution in [2.24, 2.45) is 0 Å². The highest BCUT2D eigenvalue weighted by molar-refractivity contribution is 7.99. The molecule has 0 aliphatic carbocycles. The molecule has 0 saturated heterocycles. The van der Waals surface area contributed by atoms with Crippen molar-refractivity contribution < 1.29 is 0 Å². The molecule has 0 bridgehead atoms. The lowest BCUT2D eigenvalue weighted by Gasteiger charge is -2.08. The number of aryl methyl sites for hydroxylation is 1. The van der Waals surface area contributed by atoms with Crippen LogP contribution in [0, 0.1) is 11.3 Å². The Morgan fingerprint density at radius 3 is 2.95 bits per heavy atom. The smallest absolute Gasteiger partial charge is 0.196 e. The van der Waals surface area contributed by atoms with E-state index in [0.29, 0.717) is 11.3 Å². The van der Waals surface area contributed by atoms with Crippen LogP contribution in [0.5, 0.6) is 0 Å². The number of aromatic nitrogens is 3. The van der Waals surface area contributed by atoms with E-state index < -0.39 is 0 Å². The van der Waals surface area contributed by atoms with Crippen molar-refractivity contribution >= 4 is 17.4 Å². The summed E-state index contributed by atoms with van der Waals surface area (Å²) >= 11 is 1.52. The molecule has 2 aromatic rings. The van der Waals surface area contributed by atoms with Gasteiger partial charge in [0.25, 0.3) is 0 Å². The summed E-state index contributed by atoms with van der Waals surface area (Å²) in [6.45, 7) is 0.973. The van der Waals surface area contributed by atoms with Crippen LogP contribution in [-0.2, 0) is 13.0 Å². The molecule has 0 saturated carbocycles. The van der Waals surface area contributed by atoms with Gasteiger partial charge in [-0.05, 0) is 42.8 Å². The minimum Gasteiger partial charge on any atom is -0.398 e. The molecule has 1 aliphatic rings. The number of nitrogen functional groups attached to an aromatic ring is 1. The maximum absolute atomic E-state index is 8.86. The van der Waals surface area contributed by atoms with Crippen LogP contribution in [0.25, 0.3) is 0 Å². The molecule has 2 heterocycles. The van der Waals surface area contributed by atoms with E-state index in [4.69, 9.17) is 11.0 Å². The molecule has 2 N–H and O–H groups in total. The van der Waals surface area contributed by atoms with Crippen molar-refractivity contribution in [3.05, 3.63) is 29.6 Å². The highest BCUT2D eigenvalue weighted by atomic mass is 32.2. The third kappa shape index (κ3) is 2.49. The van der Waals surface area contributed by atoms with E-state index in [1.807, 2.05) is 6.07 Å². The molecule has 102 valence electrons. The molecule has 0 spiro atoms. The number of nitrogens with zero attached hydrogens (tertiary/aromatic N) is 4. The largest absolute Gasteiger partial charge is 0.398 e. The normalized spacial score (nSPS) is 14.3. The number of fused-ring (bicyclic) bond motifs is 1. The number of anilines is 1. The minimum absolute atomic E-state index is 0.576. The van der Waals surface area contributed by atoms with Gasteiger partial charge >= 0.3 is 0 Å².